The third-order valence-electron chi connectivity index (χ3n) is 2.42. The highest BCUT2D eigenvalue weighted by Crippen LogP contribution is 2.31. The Morgan fingerprint density at radius 1 is 1.39 bits per heavy atom. The second-order valence-electron chi connectivity index (χ2n) is 3.68. The number of carbonyl (C=O) groups is 1. The number of anilines is 1. The van der Waals surface area contributed by atoms with Crippen LogP contribution in [0.2, 0.25) is 0 Å². The second-order valence-corrected chi connectivity index (χ2v) is 3.68. The molecule has 0 saturated heterocycles. The number of amides is 1. The Morgan fingerprint density at radius 2 is 2.11 bits per heavy atom. The molecule has 0 aliphatic heterocycles. The van der Waals surface area contributed by atoms with Gasteiger partial charge in [-0.25, -0.2) is 4.79 Å². The fourth-order valence-electron chi connectivity index (χ4n) is 1.66. The molecule has 0 spiro atoms. The third-order valence-corrected chi connectivity index (χ3v) is 2.42. The summed E-state index contributed by atoms with van der Waals surface area (Å²) >= 11 is 0. The summed E-state index contributed by atoms with van der Waals surface area (Å²) in [4.78, 5) is 11.4. The van der Waals surface area contributed by atoms with Crippen molar-refractivity contribution in [1.82, 2.24) is 5.16 Å². The molecule has 18 heavy (non-hydrogen) atoms. The van der Waals surface area contributed by atoms with Crippen molar-refractivity contribution in [3.63, 3.8) is 0 Å². The van der Waals surface area contributed by atoms with E-state index in [0.29, 0.717) is 18.2 Å². The summed E-state index contributed by atoms with van der Waals surface area (Å²) in [5, 5.41) is 6.40. The molecule has 5 heteroatoms. The summed E-state index contributed by atoms with van der Waals surface area (Å²) in [6.07, 6.45) is -0.550. The van der Waals surface area contributed by atoms with Crippen molar-refractivity contribution in [2.24, 2.45) is 0 Å². The number of hydrogen-bond donors (Lipinski definition) is 1. The van der Waals surface area contributed by atoms with Crippen LogP contribution in [0.15, 0.2) is 34.9 Å². The number of aryl methyl sites for hydroxylation is 1. The summed E-state index contributed by atoms with van der Waals surface area (Å²) in [5.41, 5.74) is 2.42. The van der Waals surface area contributed by atoms with Gasteiger partial charge in [0.1, 0.15) is 0 Å². The maximum absolute atomic E-state index is 11.4. The smallest absolute Gasteiger partial charge is 0.414 e. The molecule has 0 aliphatic carbocycles. The summed E-state index contributed by atoms with van der Waals surface area (Å²) in [6.45, 7) is 3.87. The SMILES string of the molecule is CCOC(=O)Nc1onc(C)c1-c1ccccc1. The average molecular weight is 246 g/mol. The van der Waals surface area contributed by atoms with E-state index in [1.54, 1.807) is 6.92 Å². The topological polar surface area (TPSA) is 64.4 Å². The minimum absolute atomic E-state index is 0.303. The number of hydrogen-bond acceptors (Lipinski definition) is 4. The zero-order valence-electron chi connectivity index (χ0n) is 10.3. The lowest BCUT2D eigenvalue weighted by molar-refractivity contribution is 0.167. The van der Waals surface area contributed by atoms with Crippen LogP contribution >= 0.6 is 0 Å². The number of ether oxygens (including phenoxy) is 1. The van der Waals surface area contributed by atoms with E-state index in [9.17, 15) is 4.79 Å². The molecule has 1 aromatic heterocycles. The fourth-order valence-corrected chi connectivity index (χ4v) is 1.66. The molecular weight excluding hydrogens is 232 g/mol. The van der Waals surface area contributed by atoms with Gasteiger partial charge in [0.25, 0.3) is 0 Å². The van der Waals surface area contributed by atoms with Gasteiger partial charge in [-0.05, 0) is 19.4 Å². The van der Waals surface area contributed by atoms with E-state index in [-0.39, 0.29) is 0 Å². The first kappa shape index (κ1) is 12.2. The second kappa shape index (κ2) is 5.35. The molecule has 0 bridgehead atoms. The Balaban J connectivity index is 2.31. The molecule has 1 aromatic carbocycles. The molecule has 2 aromatic rings. The first-order chi connectivity index (χ1) is 8.72. The lowest BCUT2D eigenvalue weighted by Crippen LogP contribution is -2.13. The maximum atomic E-state index is 11.4. The number of nitrogens with one attached hydrogen (secondary N) is 1. The van der Waals surface area contributed by atoms with Crippen LogP contribution in [0, 0.1) is 6.92 Å². The van der Waals surface area contributed by atoms with E-state index in [2.05, 4.69) is 10.5 Å². The van der Waals surface area contributed by atoms with Gasteiger partial charge >= 0.3 is 6.09 Å². The quantitative estimate of drug-likeness (QED) is 0.903. The van der Waals surface area contributed by atoms with Crippen molar-refractivity contribution in [2.75, 3.05) is 11.9 Å². The van der Waals surface area contributed by atoms with Gasteiger partial charge in [-0.1, -0.05) is 35.5 Å². The molecule has 5 nitrogen and oxygen atoms in total. The number of benzene rings is 1. The van der Waals surface area contributed by atoms with E-state index in [4.69, 9.17) is 9.26 Å². The largest absolute Gasteiger partial charge is 0.450 e. The average Bonchev–Trinajstić information content (AvgIpc) is 2.72. The molecular formula is C13H14N2O3. The molecule has 0 aliphatic rings. The highest BCUT2D eigenvalue weighted by Gasteiger charge is 2.17. The highest BCUT2D eigenvalue weighted by molar-refractivity contribution is 5.89. The van der Waals surface area contributed by atoms with Crippen LogP contribution in [0.1, 0.15) is 12.6 Å². The Bertz CT molecular complexity index is 534. The van der Waals surface area contributed by atoms with Crippen LogP contribution in [0.5, 0.6) is 0 Å². The molecule has 0 radical (unpaired) electrons. The van der Waals surface area contributed by atoms with Crippen molar-refractivity contribution < 1.29 is 14.1 Å². The van der Waals surface area contributed by atoms with Crippen LogP contribution in [-0.2, 0) is 4.74 Å². The van der Waals surface area contributed by atoms with Gasteiger partial charge in [-0.2, -0.15) is 0 Å². The van der Waals surface area contributed by atoms with Gasteiger partial charge in [0, 0.05) is 0 Å². The summed E-state index contributed by atoms with van der Waals surface area (Å²) in [7, 11) is 0. The molecule has 1 amide bonds. The Labute approximate surface area is 105 Å². The lowest BCUT2D eigenvalue weighted by Gasteiger charge is -2.04. The van der Waals surface area contributed by atoms with E-state index in [0.717, 1.165) is 11.1 Å². The number of rotatable bonds is 3. The first-order valence-corrected chi connectivity index (χ1v) is 5.68. The van der Waals surface area contributed by atoms with Crippen LogP contribution in [0.3, 0.4) is 0 Å². The van der Waals surface area contributed by atoms with E-state index in [1.165, 1.54) is 0 Å². The van der Waals surface area contributed by atoms with Gasteiger partial charge in [-0.3, -0.25) is 5.32 Å². The standard InChI is InChI=1S/C13H14N2O3/c1-3-17-13(16)14-12-11(9(2)15-18-12)10-7-5-4-6-8-10/h4-8H,3H2,1-2H3,(H,14,16). The molecule has 0 unspecified atom stereocenters. The van der Waals surface area contributed by atoms with E-state index in [1.807, 2.05) is 37.3 Å². The minimum Gasteiger partial charge on any atom is -0.450 e. The molecule has 0 fully saturated rings. The van der Waals surface area contributed by atoms with Crippen molar-refractivity contribution in [3.05, 3.63) is 36.0 Å². The lowest BCUT2D eigenvalue weighted by atomic mass is 10.1. The van der Waals surface area contributed by atoms with Crippen molar-refractivity contribution in [1.29, 1.82) is 0 Å². The zero-order chi connectivity index (χ0) is 13.0. The van der Waals surface area contributed by atoms with Gasteiger partial charge in [0.2, 0.25) is 5.88 Å². The Hall–Kier alpha value is -2.30. The van der Waals surface area contributed by atoms with E-state index < -0.39 is 6.09 Å². The summed E-state index contributed by atoms with van der Waals surface area (Å²) in [5.74, 6) is 0.303. The molecule has 0 atom stereocenters. The van der Waals surface area contributed by atoms with Gasteiger partial charge < -0.3 is 9.26 Å². The number of nitrogens with zero attached hydrogens (tertiary/aromatic N) is 1. The molecule has 94 valence electrons. The summed E-state index contributed by atoms with van der Waals surface area (Å²) < 4.78 is 9.91. The number of carbonyl (C=O) groups excluding carboxylic acids is 1. The van der Waals surface area contributed by atoms with Crippen LogP contribution in [0.4, 0.5) is 10.7 Å². The van der Waals surface area contributed by atoms with Crippen molar-refractivity contribution >= 4 is 12.0 Å². The maximum Gasteiger partial charge on any atom is 0.414 e. The Morgan fingerprint density at radius 3 is 2.78 bits per heavy atom. The molecule has 1 N–H and O–H groups in total. The van der Waals surface area contributed by atoms with Crippen LogP contribution in [-0.4, -0.2) is 17.9 Å². The third kappa shape index (κ3) is 2.51. The van der Waals surface area contributed by atoms with Gasteiger partial charge in [0.15, 0.2) is 0 Å². The normalized spacial score (nSPS) is 10.1. The first-order valence-electron chi connectivity index (χ1n) is 5.68. The summed E-state index contributed by atoms with van der Waals surface area (Å²) in [6, 6.07) is 9.60. The predicted molar refractivity (Wildman–Crippen MR) is 67.3 cm³/mol. The van der Waals surface area contributed by atoms with Crippen LogP contribution < -0.4 is 5.32 Å². The Kier molecular flexibility index (Phi) is 3.62. The minimum atomic E-state index is -0.550. The van der Waals surface area contributed by atoms with E-state index >= 15 is 0 Å². The fraction of sp³-hybridized carbons (Fsp3) is 0.231. The molecule has 2 rings (SSSR count). The highest BCUT2D eigenvalue weighted by atomic mass is 16.6. The predicted octanol–water partition coefficient (Wildman–Crippen LogP) is 3.22. The zero-order valence-corrected chi connectivity index (χ0v) is 10.3. The van der Waals surface area contributed by atoms with Crippen LogP contribution in [0.25, 0.3) is 11.1 Å². The number of aromatic nitrogens is 1. The van der Waals surface area contributed by atoms with Gasteiger partial charge in [-0.15, -0.1) is 0 Å². The molecule has 0 saturated carbocycles. The monoisotopic (exact) mass is 246 g/mol. The van der Waals surface area contributed by atoms with Crippen molar-refractivity contribution in [2.45, 2.75) is 13.8 Å². The van der Waals surface area contributed by atoms with Crippen molar-refractivity contribution in [3.8, 4) is 11.1 Å². The van der Waals surface area contributed by atoms with Gasteiger partial charge in [0.05, 0.1) is 17.9 Å². The molecule has 1 heterocycles.